The second-order valence-corrected chi connectivity index (χ2v) is 6.91. The SMILES string of the molecule is CC(C)(C)c1nc2ccccc2nc1C(C)(C)C. The van der Waals surface area contributed by atoms with Crippen LogP contribution in [0.3, 0.4) is 0 Å². The molecule has 0 radical (unpaired) electrons. The molecule has 0 N–H and O–H groups in total. The zero-order valence-corrected chi connectivity index (χ0v) is 12.2. The first-order valence-electron chi connectivity index (χ1n) is 6.47. The zero-order chi connectivity index (χ0) is 13.6. The Bertz CT molecular complexity index is 519. The summed E-state index contributed by atoms with van der Waals surface area (Å²) in [4.78, 5) is 9.70. The van der Waals surface area contributed by atoms with Crippen LogP contribution in [0.2, 0.25) is 0 Å². The average molecular weight is 242 g/mol. The van der Waals surface area contributed by atoms with Crippen molar-refractivity contribution in [2.75, 3.05) is 0 Å². The van der Waals surface area contributed by atoms with Crippen molar-refractivity contribution in [1.29, 1.82) is 0 Å². The van der Waals surface area contributed by atoms with E-state index in [2.05, 4.69) is 41.5 Å². The van der Waals surface area contributed by atoms with Crippen LogP contribution in [0.5, 0.6) is 0 Å². The fraction of sp³-hybridized carbons (Fsp3) is 0.500. The number of para-hydroxylation sites is 2. The number of benzene rings is 1. The van der Waals surface area contributed by atoms with Gasteiger partial charge in [0.15, 0.2) is 0 Å². The fourth-order valence-electron chi connectivity index (χ4n) is 2.05. The molecular formula is C16H22N2. The molecule has 96 valence electrons. The molecule has 0 fully saturated rings. The number of hydrogen-bond donors (Lipinski definition) is 0. The first kappa shape index (κ1) is 13.0. The van der Waals surface area contributed by atoms with Crippen molar-refractivity contribution < 1.29 is 0 Å². The molecule has 0 spiro atoms. The van der Waals surface area contributed by atoms with Gasteiger partial charge in [0.2, 0.25) is 0 Å². The molecule has 0 amide bonds. The summed E-state index contributed by atoms with van der Waals surface area (Å²) in [6.07, 6.45) is 0. The summed E-state index contributed by atoms with van der Waals surface area (Å²) in [6, 6.07) is 8.09. The first-order valence-corrected chi connectivity index (χ1v) is 6.47. The molecule has 1 heterocycles. The minimum atomic E-state index is 0.0135. The minimum absolute atomic E-state index is 0.0135. The molecule has 18 heavy (non-hydrogen) atoms. The van der Waals surface area contributed by atoms with Crippen LogP contribution < -0.4 is 0 Å². The van der Waals surface area contributed by atoms with Crippen LogP contribution in [-0.2, 0) is 10.8 Å². The highest BCUT2D eigenvalue weighted by Crippen LogP contribution is 2.32. The smallest absolute Gasteiger partial charge is 0.0890 e. The van der Waals surface area contributed by atoms with Crippen LogP contribution in [0.4, 0.5) is 0 Å². The Morgan fingerprint density at radius 1 is 0.667 bits per heavy atom. The van der Waals surface area contributed by atoms with Gasteiger partial charge in [0.1, 0.15) is 0 Å². The Hall–Kier alpha value is -1.44. The molecule has 2 rings (SSSR count). The maximum Gasteiger partial charge on any atom is 0.0890 e. The molecule has 0 bridgehead atoms. The molecule has 0 atom stereocenters. The predicted molar refractivity (Wildman–Crippen MR) is 76.9 cm³/mol. The standard InChI is InChI=1S/C16H22N2/c1-15(2,3)13-14(16(4,5)6)18-12-10-8-7-9-11(12)17-13/h7-10H,1-6H3. The van der Waals surface area contributed by atoms with Crippen molar-refractivity contribution in [3.8, 4) is 0 Å². The molecule has 0 saturated carbocycles. The van der Waals surface area contributed by atoms with Crippen molar-refractivity contribution in [1.82, 2.24) is 9.97 Å². The second-order valence-electron chi connectivity index (χ2n) is 6.91. The number of nitrogens with zero attached hydrogens (tertiary/aromatic N) is 2. The highest BCUT2D eigenvalue weighted by atomic mass is 14.9. The molecule has 2 heteroatoms. The third-order valence-corrected chi connectivity index (χ3v) is 2.99. The lowest BCUT2D eigenvalue weighted by molar-refractivity contribution is 0.502. The van der Waals surface area contributed by atoms with E-state index in [1.165, 1.54) is 0 Å². The monoisotopic (exact) mass is 242 g/mol. The third-order valence-electron chi connectivity index (χ3n) is 2.99. The van der Waals surface area contributed by atoms with E-state index in [1.807, 2.05) is 24.3 Å². The van der Waals surface area contributed by atoms with Gasteiger partial charge in [-0.1, -0.05) is 53.7 Å². The van der Waals surface area contributed by atoms with Crippen molar-refractivity contribution >= 4 is 11.0 Å². The number of hydrogen-bond acceptors (Lipinski definition) is 2. The van der Waals surface area contributed by atoms with Crippen LogP contribution in [0.15, 0.2) is 24.3 Å². The van der Waals surface area contributed by atoms with Crippen LogP contribution in [0.25, 0.3) is 11.0 Å². The van der Waals surface area contributed by atoms with Gasteiger partial charge in [0, 0.05) is 10.8 Å². The van der Waals surface area contributed by atoms with Gasteiger partial charge < -0.3 is 0 Å². The Kier molecular flexibility index (Phi) is 2.92. The van der Waals surface area contributed by atoms with Gasteiger partial charge in [0.05, 0.1) is 22.4 Å². The lowest BCUT2D eigenvalue weighted by atomic mass is 9.81. The van der Waals surface area contributed by atoms with Crippen molar-refractivity contribution in [2.45, 2.75) is 52.4 Å². The van der Waals surface area contributed by atoms with E-state index in [4.69, 9.17) is 9.97 Å². The van der Waals surface area contributed by atoms with Gasteiger partial charge in [-0.25, -0.2) is 9.97 Å². The van der Waals surface area contributed by atoms with Crippen molar-refractivity contribution in [3.63, 3.8) is 0 Å². The van der Waals surface area contributed by atoms with E-state index in [0.717, 1.165) is 22.4 Å². The molecule has 0 aliphatic carbocycles. The van der Waals surface area contributed by atoms with E-state index in [9.17, 15) is 0 Å². The van der Waals surface area contributed by atoms with E-state index in [-0.39, 0.29) is 10.8 Å². The molecule has 2 nitrogen and oxygen atoms in total. The predicted octanol–water partition coefficient (Wildman–Crippen LogP) is 4.22. The molecule has 1 aromatic carbocycles. The third kappa shape index (κ3) is 2.38. The Labute approximate surface area is 109 Å². The lowest BCUT2D eigenvalue weighted by Crippen LogP contribution is -2.25. The number of rotatable bonds is 0. The fourth-order valence-corrected chi connectivity index (χ4v) is 2.05. The normalized spacial score (nSPS) is 13.0. The van der Waals surface area contributed by atoms with E-state index in [0.29, 0.717) is 0 Å². The Morgan fingerprint density at radius 2 is 1.00 bits per heavy atom. The van der Waals surface area contributed by atoms with E-state index in [1.54, 1.807) is 0 Å². The molecule has 0 aliphatic heterocycles. The van der Waals surface area contributed by atoms with Crippen molar-refractivity contribution in [3.05, 3.63) is 35.7 Å². The lowest BCUT2D eigenvalue weighted by Gasteiger charge is -2.28. The maximum absolute atomic E-state index is 4.85. The summed E-state index contributed by atoms with van der Waals surface area (Å²) in [5, 5.41) is 0. The van der Waals surface area contributed by atoms with Gasteiger partial charge in [-0.2, -0.15) is 0 Å². The summed E-state index contributed by atoms with van der Waals surface area (Å²) in [5.74, 6) is 0. The molecule has 0 saturated heterocycles. The second kappa shape index (κ2) is 4.04. The Morgan fingerprint density at radius 3 is 1.28 bits per heavy atom. The summed E-state index contributed by atoms with van der Waals surface area (Å²) in [6.45, 7) is 13.2. The topological polar surface area (TPSA) is 25.8 Å². The number of aromatic nitrogens is 2. The molecule has 0 unspecified atom stereocenters. The van der Waals surface area contributed by atoms with E-state index >= 15 is 0 Å². The highest BCUT2D eigenvalue weighted by Gasteiger charge is 2.28. The van der Waals surface area contributed by atoms with Crippen LogP contribution in [-0.4, -0.2) is 9.97 Å². The summed E-state index contributed by atoms with van der Waals surface area (Å²) in [5.41, 5.74) is 4.20. The van der Waals surface area contributed by atoms with Gasteiger partial charge in [-0.05, 0) is 12.1 Å². The molecule has 0 aliphatic rings. The van der Waals surface area contributed by atoms with E-state index < -0.39 is 0 Å². The van der Waals surface area contributed by atoms with Crippen LogP contribution >= 0.6 is 0 Å². The Balaban J connectivity index is 2.81. The van der Waals surface area contributed by atoms with Crippen molar-refractivity contribution in [2.24, 2.45) is 0 Å². The minimum Gasteiger partial charge on any atom is -0.249 e. The number of fused-ring (bicyclic) bond motifs is 1. The highest BCUT2D eigenvalue weighted by molar-refractivity contribution is 5.74. The van der Waals surface area contributed by atoms with Crippen LogP contribution in [0.1, 0.15) is 52.9 Å². The van der Waals surface area contributed by atoms with Gasteiger partial charge in [-0.15, -0.1) is 0 Å². The van der Waals surface area contributed by atoms with Gasteiger partial charge >= 0.3 is 0 Å². The maximum atomic E-state index is 4.85. The quantitative estimate of drug-likeness (QED) is 0.691. The summed E-state index contributed by atoms with van der Waals surface area (Å²) in [7, 11) is 0. The molecule has 2 aromatic rings. The first-order chi connectivity index (χ1) is 8.19. The molecule has 1 aromatic heterocycles. The summed E-state index contributed by atoms with van der Waals surface area (Å²) >= 11 is 0. The largest absolute Gasteiger partial charge is 0.249 e. The van der Waals surface area contributed by atoms with Gasteiger partial charge in [-0.3, -0.25) is 0 Å². The zero-order valence-electron chi connectivity index (χ0n) is 12.2. The van der Waals surface area contributed by atoms with Gasteiger partial charge in [0.25, 0.3) is 0 Å². The summed E-state index contributed by atoms with van der Waals surface area (Å²) < 4.78 is 0. The average Bonchev–Trinajstić information content (AvgIpc) is 2.25. The van der Waals surface area contributed by atoms with Crippen LogP contribution in [0, 0.1) is 0 Å². The molecular weight excluding hydrogens is 220 g/mol.